The van der Waals surface area contributed by atoms with Crippen molar-refractivity contribution in [2.45, 2.75) is 19.8 Å². The quantitative estimate of drug-likeness (QED) is 0.736. The normalized spacial score (nSPS) is 14.6. The standard InChI is InChI=1S/C21H21N3O4/c1-12(24-7-4-5-8-24)10-14-15(11-22)21(23)28-19-16(14)17(25-2)13-6-9-27-18(13)20(19)26-3/h6,9-10,23H,4-5,7-8H2,1-3H3/b12-10-,23-21?. The van der Waals surface area contributed by atoms with Gasteiger partial charge in [-0.2, -0.15) is 5.26 Å². The summed E-state index contributed by atoms with van der Waals surface area (Å²) in [6.45, 7) is 3.99. The van der Waals surface area contributed by atoms with E-state index in [0.717, 1.165) is 37.0 Å². The van der Waals surface area contributed by atoms with Gasteiger partial charge < -0.3 is 23.2 Å². The molecule has 0 spiro atoms. The average Bonchev–Trinajstić information content (AvgIpc) is 3.38. The summed E-state index contributed by atoms with van der Waals surface area (Å²) in [7, 11) is 3.08. The van der Waals surface area contributed by atoms with E-state index in [-0.39, 0.29) is 11.1 Å². The zero-order valence-corrected chi connectivity index (χ0v) is 16.1. The zero-order chi connectivity index (χ0) is 19.8. The third-order valence-corrected chi connectivity index (χ3v) is 5.22. The smallest absolute Gasteiger partial charge is 0.230 e. The van der Waals surface area contributed by atoms with Crippen molar-refractivity contribution in [3.8, 4) is 17.6 Å². The van der Waals surface area contributed by atoms with Crippen molar-refractivity contribution in [1.82, 2.24) is 4.90 Å². The van der Waals surface area contributed by atoms with Crippen molar-refractivity contribution in [1.29, 1.82) is 10.7 Å². The Balaban J connectivity index is 2.16. The van der Waals surface area contributed by atoms with Crippen LogP contribution in [-0.4, -0.2) is 32.2 Å². The van der Waals surface area contributed by atoms with Gasteiger partial charge in [0.2, 0.25) is 11.3 Å². The number of hydrogen-bond donors (Lipinski definition) is 1. The Morgan fingerprint density at radius 1 is 1.21 bits per heavy atom. The number of rotatable bonds is 4. The second-order valence-electron chi connectivity index (χ2n) is 6.75. The fourth-order valence-corrected chi connectivity index (χ4v) is 3.88. The van der Waals surface area contributed by atoms with Gasteiger partial charge in [-0.25, -0.2) is 0 Å². The van der Waals surface area contributed by atoms with E-state index in [1.165, 1.54) is 7.11 Å². The van der Waals surface area contributed by atoms with Crippen molar-refractivity contribution >= 4 is 28.0 Å². The van der Waals surface area contributed by atoms with Crippen molar-refractivity contribution in [3.63, 3.8) is 0 Å². The molecule has 28 heavy (non-hydrogen) atoms. The second kappa shape index (κ2) is 6.97. The van der Waals surface area contributed by atoms with Crippen LogP contribution in [0.1, 0.15) is 30.9 Å². The van der Waals surface area contributed by atoms with E-state index < -0.39 is 0 Å². The highest BCUT2D eigenvalue weighted by molar-refractivity contribution is 6.10. The number of benzene rings is 1. The van der Waals surface area contributed by atoms with Crippen LogP contribution in [0.25, 0.3) is 28.0 Å². The molecule has 4 rings (SSSR count). The SMILES string of the molecule is COc1c2occc2c(OC)c2c(/C=C(/C)N3CCCC3)c(C#N)c(=N)oc12. The first kappa shape index (κ1) is 18.0. The molecule has 1 aliphatic rings. The third kappa shape index (κ3) is 2.61. The van der Waals surface area contributed by atoms with Crippen LogP contribution in [0.15, 0.2) is 26.9 Å². The van der Waals surface area contributed by atoms with E-state index in [4.69, 9.17) is 23.7 Å². The first-order valence-corrected chi connectivity index (χ1v) is 9.10. The van der Waals surface area contributed by atoms with E-state index >= 15 is 0 Å². The summed E-state index contributed by atoms with van der Waals surface area (Å²) in [5, 5.41) is 19.3. The maximum absolute atomic E-state index is 9.74. The number of nitrogens with one attached hydrogen (secondary N) is 1. The molecule has 2 aromatic heterocycles. The molecule has 0 unspecified atom stereocenters. The Morgan fingerprint density at radius 3 is 2.57 bits per heavy atom. The predicted molar refractivity (Wildman–Crippen MR) is 104 cm³/mol. The van der Waals surface area contributed by atoms with Gasteiger partial charge in [-0.1, -0.05) is 0 Å². The topological polar surface area (TPSA) is 95.6 Å². The van der Waals surface area contributed by atoms with Crippen molar-refractivity contribution in [3.05, 3.63) is 34.7 Å². The largest absolute Gasteiger partial charge is 0.495 e. The molecule has 1 saturated heterocycles. The van der Waals surface area contributed by atoms with Gasteiger partial charge in [-0.15, -0.1) is 0 Å². The lowest BCUT2D eigenvalue weighted by molar-refractivity contribution is 0.396. The van der Waals surface area contributed by atoms with E-state index in [1.807, 2.05) is 13.0 Å². The fraction of sp³-hybridized carbons (Fsp3) is 0.333. The van der Waals surface area contributed by atoms with E-state index in [9.17, 15) is 5.26 Å². The van der Waals surface area contributed by atoms with Gasteiger partial charge in [-0.3, -0.25) is 5.41 Å². The Labute approximate surface area is 161 Å². The minimum Gasteiger partial charge on any atom is -0.495 e. The molecule has 0 atom stereocenters. The average molecular weight is 379 g/mol. The zero-order valence-electron chi connectivity index (χ0n) is 16.1. The van der Waals surface area contributed by atoms with Crippen molar-refractivity contribution in [2.24, 2.45) is 0 Å². The van der Waals surface area contributed by atoms with Crippen LogP contribution in [0.2, 0.25) is 0 Å². The highest BCUT2D eigenvalue weighted by Crippen LogP contribution is 2.45. The molecule has 0 radical (unpaired) electrons. The molecular weight excluding hydrogens is 358 g/mol. The number of furan rings is 1. The number of ether oxygens (including phenoxy) is 2. The molecule has 1 fully saturated rings. The molecular formula is C21H21N3O4. The first-order valence-electron chi connectivity index (χ1n) is 9.10. The van der Waals surface area contributed by atoms with E-state index in [0.29, 0.717) is 33.6 Å². The summed E-state index contributed by atoms with van der Waals surface area (Å²) in [5.41, 5.74) is 2.37. The van der Waals surface area contributed by atoms with Crippen LogP contribution in [0, 0.1) is 16.7 Å². The molecule has 1 N–H and O–H groups in total. The van der Waals surface area contributed by atoms with E-state index in [1.54, 1.807) is 19.4 Å². The van der Waals surface area contributed by atoms with Crippen molar-refractivity contribution in [2.75, 3.05) is 27.3 Å². The Hall–Kier alpha value is -3.40. The van der Waals surface area contributed by atoms with Crippen LogP contribution in [-0.2, 0) is 0 Å². The Bertz CT molecular complexity index is 1190. The van der Waals surface area contributed by atoms with Crippen LogP contribution < -0.4 is 15.0 Å². The molecule has 1 aliphatic heterocycles. The maximum atomic E-state index is 9.74. The molecule has 0 saturated carbocycles. The lowest BCUT2D eigenvalue weighted by Crippen LogP contribution is -2.17. The highest BCUT2D eigenvalue weighted by Gasteiger charge is 2.25. The summed E-state index contributed by atoms with van der Waals surface area (Å²) in [5.74, 6) is 0.905. The molecule has 1 aromatic carbocycles. The molecule has 7 heteroatoms. The number of hydrogen-bond acceptors (Lipinski definition) is 7. The summed E-state index contributed by atoms with van der Waals surface area (Å²) in [6, 6.07) is 3.91. The summed E-state index contributed by atoms with van der Waals surface area (Å²) in [6.07, 6.45) is 5.79. The third-order valence-electron chi connectivity index (χ3n) is 5.22. The highest BCUT2D eigenvalue weighted by atomic mass is 16.5. The van der Waals surface area contributed by atoms with Crippen LogP contribution in [0.4, 0.5) is 0 Å². The second-order valence-corrected chi connectivity index (χ2v) is 6.75. The number of methoxy groups -OCH3 is 2. The molecule has 0 amide bonds. The number of nitriles is 1. The number of nitrogens with zero attached hydrogens (tertiary/aromatic N) is 2. The Kier molecular flexibility index (Phi) is 4.47. The number of likely N-dealkylation sites (tertiary alicyclic amines) is 1. The van der Waals surface area contributed by atoms with Gasteiger partial charge in [0.25, 0.3) is 0 Å². The number of allylic oxidation sites excluding steroid dienone is 1. The molecule has 0 aliphatic carbocycles. The summed E-state index contributed by atoms with van der Waals surface area (Å²) >= 11 is 0. The van der Waals surface area contributed by atoms with Gasteiger partial charge in [-0.05, 0) is 31.9 Å². The van der Waals surface area contributed by atoms with Gasteiger partial charge in [0.05, 0.1) is 31.3 Å². The van der Waals surface area contributed by atoms with Crippen LogP contribution >= 0.6 is 0 Å². The minimum absolute atomic E-state index is 0.161. The minimum atomic E-state index is -0.221. The van der Waals surface area contributed by atoms with E-state index in [2.05, 4.69) is 11.0 Å². The summed E-state index contributed by atoms with van der Waals surface area (Å²) < 4.78 is 22.5. The van der Waals surface area contributed by atoms with Crippen LogP contribution in [0.5, 0.6) is 11.5 Å². The molecule has 0 bridgehead atoms. The molecule has 144 valence electrons. The van der Waals surface area contributed by atoms with Gasteiger partial charge in [0.15, 0.2) is 11.2 Å². The first-order chi connectivity index (χ1) is 13.6. The molecule has 7 nitrogen and oxygen atoms in total. The van der Waals surface area contributed by atoms with Gasteiger partial charge in [0.1, 0.15) is 17.4 Å². The van der Waals surface area contributed by atoms with Gasteiger partial charge >= 0.3 is 0 Å². The maximum Gasteiger partial charge on any atom is 0.230 e. The van der Waals surface area contributed by atoms with Crippen LogP contribution in [0.3, 0.4) is 0 Å². The fourth-order valence-electron chi connectivity index (χ4n) is 3.88. The predicted octanol–water partition coefficient (Wildman–Crippen LogP) is 4.00. The van der Waals surface area contributed by atoms with Gasteiger partial charge in [0, 0.05) is 24.4 Å². The monoisotopic (exact) mass is 379 g/mol. The molecule has 3 heterocycles. The Morgan fingerprint density at radius 2 is 1.93 bits per heavy atom. The lowest BCUT2D eigenvalue weighted by Gasteiger charge is -2.19. The summed E-state index contributed by atoms with van der Waals surface area (Å²) in [4.78, 5) is 2.28. The lowest BCUT2D eigenvalue weighted by atomic mass is 10.0. The van der Waals surface area contributed by atoms with Crippen molar-refractivity contribution < 1.29 is 18.3 Å². The number of fused-ring (bicyclic) bond motifs is 2. The molecule has 3 aromatic rings.